The van der Waals surface area contributed by atoms with Gasteiger partial charge < -0.3 is 15.2 Å². The average molecular weight is 300 g/mol. The predicted molar refractivity (Wildman–Crippen MR) is 75.7 cm³/mol. The molecule has 0 fully saturated rings. The normalized spacial score (nSPS) is 13.3. The van der Waals surface area contributed by atoms with E-state index in [9.17, 15) is 9.59 Å². The first-order valence-electron chi connectivity index (χ1n) is 6.34. The molecule has 1 amide bonds. The largest absolute Gasteiger partial charge is 0.480 e. The molecule has 0 bridgehead atoms. The summed E-state index contributed by atoms with van der Waals surface area (Å²) < 4.78 is 4.99. The topological polar surface area (TPSA) is 75.6 Å². The van der Waals surface area contributed by atoms with E-state index in [0.29, 0.717) is 11.4 Å². The summed E-state index contributed by atoms with van der Waals surface area (Å²) in [7, 11) is 0. The molecule has 0 saturated carbocycles. The maximum atomic E-state index is 11.6. The zero-order valence-corrected chi connectivity index (χ0v) is 12.2. The molecular weight excluding hydrogens is 282 g/mol. The summed E-state index contributed by atoms with van der Waals surface area (Å²) in [5, 5.41) is 12.0. The van der Waals surface area contributed by atoms with Crippen molar-refractivity contribution in [1.82, 2.24) is 5.32 Å². The van der Waals surface area contributed by atoms with Crippen molar-refractivity contribution in [2.75, 3.05) is 0 Å². The number of carbonyl (C=O) groups excluding carboxylic acids is 1. The van der Waals surface area contributed by atoms with Crippen LogP contribution in [-0.2, 0) is 16.1 Å². The molecule has 0 aliphatic heterocycles. The van der Waals surface area contributed by atoms with Crippen molar-refractivity contribution in [2.45, 2.75) is 32.9 Å². The number of carbonyl (C=O) groups is 2. The van der Waals surface area contributed by atoms with E-state index in [-0.39, 0.29) is 12.5 Å². The number of aliphatic carboxylic acids is 1. The van der Waals surface area contributed by atoms with Gasteiger partial charge in [-0.1, -0.05) is 44.0 Å². The van der Waals surface area contributed by atoms with E-state index in [0.717, 1.165) is 5.56 Å². The van der Waals surface area contributed by atoms with Gasteiger partial charge in [0.2, 0.25) is 0 Å². The third-order valence-electron chi connectivity index (χ3n) is 3.01. The molecule has 0 heterocycles. The van der Waals surface area contributed by atoms with Crippen LogP contribution in [0.3, 0.4) is 0 Å². The van der Waals surface area contributed by atoms with Crippen molar-refractivity contribution >= 4 is 23.7 Å². The van der Waals surface area contributed by atoms with Gasteiger partial charge in [-0.2, -0.15) is 0 Å². The Hall–Kier alpha value is -1.75. The third-order valence-corrected chi connectivity index (χ3v) is 3.25. The zero-order chi connectivity index (χ0) is 15.1. The molecule has 0 radical (unpaired) electrons. The lowest BCUT2D eigenvalue weighted by Gasteiger charge is -2.19. The lowest BCUT2D eigenvalue weighted by atomic mass is 10.00. The van der Waals surface area contributed by atoms with Crippen LogP contribution in [0.5, 0.6) is 0 Å². The van der Waals surface area contributed by atoms with Crippen LogP contribution in [0.2, 0.25) is 5.02 Å². The van der Waals surface area contributed by atoms with Crippen LogP contribution in [0, 0.1) is 5.92 Å². The monoisotopic (exact) mass is 299 g/mol. The highest BCUT2D eigenvalue weighted by atomic mass is 35.5. The SMILES string of the molecule is CC[C@H](C)[C@H](NC(=O)OCc1cccc(Cl)c1)C(=O)O. The van der Waals surface area contributed by atoms with Crippen LogP contribution in [0.25, 0.3) is 0 Å². The van der Waals surface area contributed by atoms with E-state index in [2.05, 4.69) is 5.32 Å². The van der Waals surface area contributed by atoms with Gasteiger partial charge in [0.15, 0.2) is 0 Å². The smallest absolute Gasteiger partial charge is 0.408 e. The molecule has 1 aromatic carbocycles. The van der Waals surface area contributed by atoms with Gasteiger partial charge in [0.25, 0.3) is 0 Å². The van der Waals surface area contributed by atoms with Crippen LogP contribution in [0.4, 0.5) is 4.79 Å². The molecule has 2 atom stereocenters. The molecular formula is C14H18ClNO4. The highest BCUT2D eigenvalue weighted by Crippen LogP contribution is 2.12. The fourth-order valence-electron chi connectivity index (χ4n) is 1.63. The molecule has 0 spiro atoms. The number of carboxylic acids is 1. The number of nitrogens with one attached hydrogen (secondary N) is 1. The number of hydrogen-bond acceptors (Lipinski definition) is 3. The summed E-state index contributed by atoms with van der Waals surface area (Å²) in [6.45, 7) is 3.66. The van der Waals surface area contributed by atoms with E-state index in [1.54, 1.807) is 31.2 Å². The van der Waals surface area contributed by atoms with E-state index in [4.69, 9.17) is 21.4 Å². The summed E-state index contributed by atoms with van der Waals surface area (Å²) in [5.74, 6) is -1.25. The lowest BCUT2D eigenvalue weighted by Crippen LogP contribution is -2.45. The number of halogens is 1. The first-order chi connectivity index (χ1) is 9.43. The first kappa shape index (κ1) is 16.3. The van der Waals surface area contributed by atoms with Gasteiger partial charge in [-0.25, -0.2) is 9.59 Å². The second-order valence-corrected chi connectivity index (χ2v) is 4.99. The predicted octanol–water partition coefficient (Wildman–Crippen LogP) is 3.07. The van der Waals surface area contributed by atoms with Crippen molar-refractivity contribution in [1.29, 1.82) is 0 Å². The van der Waals surface area contributed by atoms with Crippen molar-refractivity contribution in [2.24, 2.45) is 5.92 Å². The molecule has 0 aliphatic carbocycles. The summed E-state index contributed by atoms with van der Waals surface area (Å²) in [6.07, 6.45) is -0.108. The van der Waals surface area contributed by atoms with Gasteiger partial charge in [0.1, 0.15) is 12.6 Å². The molecule has 0 aliphatic rings. The Labute approximate surface area is 122 Å². The summed E-state index contributed by atoms with van der Waals surface area (Å²) in [6, 6.07) is 5.96. The van der Waals surface area contributed by atoms with Crippen molar-refractivity contribution in [3.63, 3.8) is 0 Å². The van der Waals surface area contributed by atoms with Crippen molar-refractivity contribution in [3.8, 4) is 0 Å². The van der Waals surface area contributed by atoms with E-state index in [1.165, 1.54) is 0 Å². The average Bonchev–Trinajstić information content (AvgIpc) is 2.41. The number of rotatable bonds is 6. The summed E-state index contributed by atoms with van der Waals surface area (Å²) in [5.41, 5.74) is 0.739. The van der Waals surface area contributed by atoms with E-state index in [1.807, 2.05) is 6.92 Å². The Morgan fingerprint density at radius 3 is 2.70 bits per heavy atom. The van der Waals surface area contributed by atoms with Gasteiger partial charge in [-0.05, 0) is 23.6 Å². The third kappa shape index (κ3) is 5.09. The minimum absolute atomic E-state index is 0.0409. The number of alkyl carbamates (subject to hydrolysis) is 1. The Morgan fingerprint density at radius 2 is 2.15 bits per heavy atom. The second kappa shape index (κ2) is 7.75. The van der Waals surface area contributed by atoms with Crippen molar-refractivity contribution < 1.29 is 19.4 Å². The molecule has 2 N–H and O–H groups in total. The highest BCUT2D eigenvalue weighted by Gasteiger charge is 2.25. The molecule has 110 valence electrons. The summed E-state index contributed by atoms with van der Waals surface area (Å²) in [4.78, 5) is 22.7. The van der Waals surface area contributed by atoms with E-state index >= 15 is 0 Å². The zero-order valence-electron chi connectivity index (χ0n) is 11.4. The fraction of sp³-hybridized carbons (Fsp3) is 0.429. The van der Waals surface area contributed by atoms with Gasteiger partial charge >= 0.3 is 12.1 Å². The minimum atomic E-state index is -1.07. The molecule has 0 unspecified atom stereocenters. The lowest BCUT2D eigenvalue weighted by molar-refractivity contribution is -0.140. The van der Waals surface area contributed by atoms with Gasteiger partial charge in [0, 0.05) is 5.02 Å². The number of ether oxygens (including phenoxy) is 1. The second-order valence-electron chi connectivity index (χ2n) is 4.55. The Bertz CT molecular complexity index is 478. The van der Waals surface area contributed by atoms with Gasteiger partial charge in [-0.3, -0.25) is 0 Å². The Morgan fingerprint density at radius 1 is 1.45 bits per heavy atom. The number of benzene rings is 1. The Balaban J connectivity index is 2.52. The molecule has 20 heavy (non-hydrogen) atoms. The number of carboxylic acid groups (broad SMARTS) is 1. The molecule has 0 saturated heterocycles. The van der Waals surface area contributed by atoms with Crippen molar-refractivity contribution in [3.05, 3.63) is 34.9 Å². The van der Waals surface area contributed by atoms with Crippen LogP contribution in [0.1, 0.15) is 25.8 Å². The fourth-order valence-corrected chi connectivity index (χ4v) is 1.84. The van der Waals surface area contributed by atoms with Crippen LogP contribution < -0.4 is 5.32 Å². The van der Waals surface area contributed by atoms with Crippen LogP contribution in [-0.4, -0.2) is 23.2 Å². The first-order valence-corrected chi connectivity index (χ1v) is 6.72. The molecule has 0 aromatic heterocycles. The summed E-state index contributed by atoms with van der Waals surface area (Å²) >= 11 is 5.81. The van der Waals surface area contributed by atoms with Gasteiger partial charge in [0.05, 0.1) is 0 Å². The quantitative estimate of drug-likeness (QED) is 0.846. The highest BCUT2D eigenvalue weighted by molar-refractivity contribution is 6.30. The maximum absolute atomic E-state index is 11.6. The minimum Gasteiger partial charge on any atom is -0.480 e. The standard InChI is InChI=1S/C14H18ClNO4/c1-3-9(2)12(13(17)18)16-14(19)20-8-10-5-4-6-11(15)7-10/h4-7,9,12H,3,8H2,1-2H3,(H,16,19)(H,17,18)/t9-,12-/m0/s1. The Kier molecular flexibility index (Phi) is 6.31. The maximum Gasteiger partial charge on any atom is 0.408 e. The number of hydrogen-bond donors (Lipinski definition) is 2. The van der Waals surface area contributed by atoms with E-state index < -0.39 is 18.1 Å². The molecule has 6 heteroatoms. The van der Waals surface area contributed by atoms with Crippen LogP contribution in [0.15, 0.2) is 24.3 Å². The van der Waals surface area contributed by atoms with Gasteiger partial charge in [-0.15, -0.1) is 0 Å². The number of amides is 1. The molecule has 1 rings (SSSR count). The molecule has 1 aromatic rings. The molecule has 5 nitrogen and oxygen atoms in total. The van der Waals surface area contributed by atoms with Crippen LogP contribution >= 0.6 is 11.6 Å².